The molecule has 2 heterocycles. The summed E-state index contributed by atoms with van der Waals surface area (Å²) in [6.45, 7) is 8.35. The van der Waals surface area contributed by atoms with Crippen LogP contribution in [0, 0.1) is 5.41 Å². The summed E-state index contributed by atoms with van der Waals surface area (Å²) in [5.41, 5.74) is 1.42. The molecule has 0 spiro atoms. The van der Waals surface area contributed by atoms with Gasteiger partial charge in [-0.2, -0.15) is 0 Å². The van der Waals surface area contributed by atoms with Gasteiger partial charge in [0.1, 0.15) is 5.75 Å². The fraction of sp³-hybridized carbons (Fsp3) is 0.545. The van der Waals surface area contributed by atoms with Crippen LogP contribution in [0.4, 0.5) is 0 Å². The van der Waals surface area contributed by atoms with E-state index in [9.17, 15) is 0 Å². The Morgan fingerprint density at radius 3 is 2.54 bits per heavy atom. The van der Waals surface area contributed by atoms with Crippen LogP contribution < -0.4 is 4.74 Å². The Morgan fingerprint density at radius 1 is 1.12 bits per heavy atom. The standard InChI is InChI=1S/C22H29N3O/c1-16(2)25-14-11-22(3)15-19(9-10-20(22)25)26-18-7-5-17(6-8-18)21-23-12-4-13-24-21/h4-8,12-13,16,19-20H,9-11,14-15H2,1-3H3. The Kier molecular flexibility index (Phi) is 4.70. The highest BCUT2D eigenvalue weighted by molar-refractivity contribution is 5.55. The van der Waals surface area contributed by atoms with Crippen molar-refractivity contribution in [3.8, 4) is 17.1 Å². The first-order chi connectivity index (χ1) is 12.5. The molecule has 1 aromatic carbocycles. The molecule has 4 nitrogen and oxygen atoms in total. The minimum Gasteiger partial charge on any atom is -0.490 e. The Labute approximate surface area is 156 Å². The maximum atomic E-state index is 6.36. The van der Waals surface area contributed by atoms with Crippen molar-refractivity contribution in [2.75, 3.05) is 6.54 Å². The highest BCUT2D eigenvalue weighted by Gasteiger charge is 2.48. The number of likely N-dealkylation sites (tertiary alicyclic amines) is 1. The van der Waals surface area contributed by atoms with Crippen LogP contribution in [0.1, 0.15) is 46.5 Å². The maximum absolute atomic E-state index is 6.36. The molecule has 1 aliphatic heterocycles. The molecule has 1 saturated heterocycles. The van der Waals surface area contributed by atoms with E-state index in [1.807, 2.05) is 18.2 Å². The predicted octanol–water partition coefficient (Wildman–Crippen LogP) is 4.56. The van der Waals surface area contributed by atoms with Crippen molar-refractivity contribution in [3.05, 3.63) is 42.7 Å². The van der Waals surface area contributed by atoms with Gasteiger partial charge in [0.25, 0.3) is 0 Å². The van der Waals surface area contributed by atoms with E-state index in [2.05, 4.69) is 47.8 Å². The van der Waals surface area contributed by atoms with Crippen LogP contribution in [-0.2, 0) is 0 Å². The third kappa shape index (κ3) is 3.35. The molecule has 4 rings (SSSR count). The largest absolute Gasteiger partial charge is 0.490 e. The van der Waals surface area contributed by atoms with Crippen molar-refractivity contribution in [3.63, 3.8) is 0 Å². The van der Waals surface area contributed by atoms with Crippen LogP contribution in [0.25, 0.3) is 11.4 Å². The SMILES string of the molecule is CC(C)N1CCC2(C)CC(Oc3ccc(-c4ncccn4)cc3)CCC12. The van der Waals surface area contributed by atoms with E-state index < -0.39 is 0 Å². The first kappa shape index (κ1) is 17.5. The van der Waals surface area contributed by atoms with Crippen molar-refractivity contribution < 1.29 is 4.74 Å². The Balaban J connectivity index is 1.41. The lowest BCUT2D eigenvalue weighted by Gasteiger charge is -2.43. The molecule has 1 aliphatic carbocycles. The van der Waals surface area contributed by atoms with Gasteiger partial charge in [0.15, 0.2) is 5.82 Å². The summed E-state index contributed by atoms with van der Waals surface area (Å²) in [6, 6.07) is 11.4. The topological polar surface area (TPSA) is 38.2 Å². The molecule has 2 aliphatic rings. The monoisotopic (exact) mass is 351 g/mol. The zero-order chi connectivity index (χ0) is 18.1. The minimum atomic E-state index is 0.321. The summed E-state index contributed by atoms with van der Waals surface area (Å²) in [5.74, 6) is 1.71. The van der Waals surface area contributed by atoms with Gasteiger partial charge in [-0.05, 0) is 81.8 Å². The van der Waals surface area contributed by atoms with Crippen molar-refractivity contribution >= 4 is 0 Å². The number of hydrogen-bond acceptors (Lipinski definition) is 4. The second kappa shape index (κ2) is 6.99. The molecule has 0 N–H and O–H groups in total. The molecule has 0 radical (unpaired) electrons. The van der Waals surface area contributed by atoms with Crippen molar-refractivity contribution in [1.29, 1.82) is 0 Å². The van der Waals surface area contributed by atoms with Gasteiger partial charge in [0.2, 0.25) is 0 Å². The van der Waals surface area contributed by atoms with Crippen LogP contribution in [0.3, 0.4) is 0 Å². The minimum absolute atomic E-state index is 0.321. The molecular formula is C22H29N3O. The van der Waals surface area contributed by atoms with E-state index in [4.69, 9.17) is 4.74 Å². The first-order valence-electron chi connectivity index (χ1n) is 9.85. The fourth-order valence-electron chi connectivity index (χ4n) is 4.87. The molecular weight excluding hydrogens is 322 g/mol. The Morgan fingerprint density at radius 2 is 1.85 bits per heavy atom. The summed E-state index contributed by atoms with van der Waals surface area (Å²) in [5, 5.41) is 0. The van der Waals surface area contributed by atoms with Crippen LogP contribution in [-0.4, -0.2) is 39.6 Å². The average molecular weight is 351 g/mol. The highest BCUT2D eigenvalue weighted by Crippen LogP contribution is 2.48. The zero-order valence-corrected chi connectivity index (χ0v) is 16.1. The number of hydrogen-bond donors (Lipinski definition) is 0. The number of fused-ring (bicyclic) bond motifs is 1. The van der Waals surface area contributed by atoms with Gasteiger partial charge in [0.05, 0.1) is 6.10 Å². The average Bonchev–Trinajstić information content (AvgIpc) is 3.00. The van der Waals surface area contributed by atoms with Crippen LogP contribution >= 0.6 is 0 Å². The third-order valence-corrected chi connectivity index (χ3v) is 6.25. The van der Waals surface area contributed by atoms with E-state index in [-0.39, 0.29) is 0 Å². The summed E-state index contributed by atoms with van der Waals surface area (Å²) >= 11 is 0. The summed E-state index contributed by atoms with van der Waals surface area (Å²) in [6.07, 6.45) is 8.71. The van der Waals surface area contributed by atoms with Crippen LogP contribution in [0.15, 0.2) is 42.7 Å². The third-order valence-electron chi connectivity index (χ3n) is 6.25. The molecule has 0 amide bonds. The van der Waals surface area contributed by atoms with Gasteiger partial charge >= 0.3 is 0 Å². The molecule has 138 valence electrons. The van der Waals surface area contributed by atoms with Crippen LogP contribution in [0.5, 0.6) is 5.75 Å². The molecule has 3 unspecified atom stereocenters. The van der Waals surface area contributed by atoms with E-state index in [1.165, 1.54) is 19.4 Å². The van der Waals surface area contributed by atoms with Gasteiger partial charge in [-0.15, -0.1) is 0 Å². The van der Waals surface area contributed by atoms with E-state index >= 15 is 0 Å². The zero-order valence-electron chi connectivity index (χ0n) is 16.1. The number of aromatic nitrogens is 2. The molecule has 3 atom stereocenters. The molecule has 26 heavy (non-hydrogen) atoms. The molecule has 1 aromatic heterocycles. The summed E-state index contributed by atoms with van der Waals surface area (Å²) in [4.78, 5) is 11.3. The van der Waals surface area contributed by atoms with Crippen molar-refractivity contribution in [2.24, 2.45) is 5.41 Å². The summed E-state index contributed by atoms with van der Waals surface area (Å²) < 4.78 is 6.36. The highest BCUT2D eigenvalue weighted by atomic mass is 16.5. The molecule has 2 fully saturated rings. The number of rotatable bonds is 4. The van der Waals surface area contributed by atoms with Crippen molar-refractivity contribution in [2.45, 2.75) is 64.6 Å². The van der Waals surface area contributed by atoms with E-state index in [1.54, 1.807) is 12.4 Å². The van der Waals surface area contributed by atoms with Gasteiger partial charge in [-0.3, -0.25) is 4.90 Å². The molecule has 4 heteroatoms. The molecule has 2 aromatic rings. The fourth-order valence-corrected chi connectivity index (χ4v) is 4.87. The van der Waals surface area contributed by atoms with Gasteiger partial charge < -0.3 is 4.74 Å². The normalized spacial score (nSPS) is 28.9. The number of ether oxygens (including phenoxy) is 1. The number of nitrogens with zero attached hydrogens (tertiary/aromatic N) is 3. The number of benzene rings is 1. The van der Waals surface area contributed by atoms with Gasteiger partial charge in [-0.1, -0.05) is 6.92 Å². The predicted molar refractivity (Wildman–Crippen MR) is 104 cm³/mol. The van der Waals surface area contributed by atoms with E-state index in [0.717, 1.165) is 36.0 Å². The van der Waals surface area contributed by atoms with E-state index in [0.29, 0.717) is 17.6 Å². The Hall–Kier alpha value is -1.94. The van der Waals surface area contributed by atoms with Crippen LogP contribution in [0.2, 0.25) is 0 Å². The second-order valence-electron chi connectivity index (χ2n) is 8.37. The smallest absolute Gasteiger partial charge is 0.159 e. The molecule has 0 bridgehead atoms. The molecule has 1 saturated carbocycles. The van der Waals surface area contributed by atoms with Crippen molar-refractivity contribution in [1.82, 2.24) is 14.9 Å². The lowest BCUT2D eigenvalue weighted by molar-refractivity contribution is 0.0274. The first-order valence-corrected chi connectivity index (χ1v) is 9.85. The lowest BCUT2D eigenvalue weighted by Crippen LogP contribution is -2.47. The summed E-state index contributed by atoms with van der Waals surface area (Å²) in [7, 11) is 0. The second-order valence-corrected chi connectivity index (χ2v) is 8.37. The van der Waals surface area contributed by atoms with Gasteiger partial charge in [0, 0.05) is 30.0 Å². The quantitative estimate of drug-likeness (QED) is 0.809. The van der Waals surface area contributed by atoms with Gasteiger partial charge in [-0.25, -0.2) is 9.97 Å². The maximum Gasteiger partial charge on any atom is 0.159 e. The Bertz CT molecular complexity index is 731. The lowest BCUT2D eigenvalue weighted by atomic mass is 9.70.